The van der Waals surface area contributed by atoms with Crippen molar-refractivity contribution in [1.82, 2.24) is 10.1 Å². The summed E-state index contributed by atoms with van der Waals surface area (Å²) in [6, 6.07) is 1.17. The third kappa shape index (κ3) is 4.24. The van der Waals surface area contributed by atoms with Crippen LogP contribution in [0.15, 0.2) is 10.6 Å². The number of amides is 2. The molecule has 1 aromatic rings. The van der Waals surface area contributed by atoms with E-state index >= 15 is 0 Å². The predicted octanol–water partition coefficient (Wildman–Crippen LogP) is 2.92. The Morgan fingerprint density at radius 3 is 2.39 bits per heavy atom. The second-order valence-corrected chi connectivity index (χ2v) is 7.79. The van der Waals surface area contributed by atoms with Crippen molar-refractivity contribution in [3.05, 3.63) is 11.8 Å². The number of anilines is 1. The molecule has 7 heteroatoms. The molecule has 128 valence electrons. The maximum atomic E-state index is 12.3. The molecular formula is C16H25N3O4. The van der Waals surface area contributed by atoms with Crippen molar-refractivity contribution in [3.63, 3.8) is 0 Å². The summed E-state index contributed by atoms with van der Waals surface area (Å²) >= 11 is 0. The molecule has 1 fully saturated rings. The standard InChI is InChI=1S/C16H25N3O4/c1-15(2,3)11-9-12(18-23-11)17-13(20)10-7-8-19(10)14(21)22-16(4,5)6/h9-10H,7-8H2,1-6H3,(H,17,18,20). The van der Waals surface area contributed by atoms with E-state index in [4.69, 9.17) is 9.26 Å². The maximum absolute atomic E-state index is 12.3. The largest absolute Gasteiger partial charge is 0.444 e. The van der Waals surface area contributed by atoms with Gasteiger partial charge < -0.3 is 14.6 Å². The summed E-state index contributed by atoms with van der Waals surface area (Å²) in [6.07, 6.45) is 0.133. The van der Waals surface area contributed by atoms with E-state index in [-0.39, 0.29) is 11.3 Å². The van der Waals surface area contributed by atoms with E-state index < -0.39 is 17.7 Å². The second kappa shape index (κ2) is 5.86. The normalized spacial score (nSPS) is 18.3. The number of ether oxygens (including phenoxy) is 1. The van der Waals surface area contributed by atoms with Crippen LogP contribution in [0.2, 0.25) is 0 Å². The number of hydrogen-bond donors (Lipinski definition) is 1. The number of aromatic nitrogens is 1. The molecule has 1 aromatic heterocycles. The van der Waals surface area contributed by atoms with Gasteiger partial charge in [0.1, 0.15) is 17.4 Å². The lowest BCUT2D eigenvalue weighted by Gasteiger charge is -2.39. The van der Waals surface area contributed by atoms with E-state index in [9.17, 15) is 9.59 Å². The fourth-order valence-corrected chi connectivity index (χ4v) is 2.10. The van der Waals surface area contributed by atoms with E-state index in [0.717, 1.165) is 0 Å². The van der Waals surface area contributed by atoms with Crippen LogP contribution in [0.1, 0.15) is 53.7 Å². The number of rotatable bonds is 2. The summed E-state index contributed by atoms with van der Waals surface area (Å²) < 4.78 is 10.5. The SMILES string of the molecule is CC(C)(C)OC(=O)N1CCC1C(=O)Nc1cc(C(C)(C)C)on1. The van der Waals surface area contributed by atoms with Crippen molar-refractivity contribution in [1.29, 1.82) is 0 Å². The minimum atomic E-state index is -0.582. The minimum Gasteiger partial charge on any atom is -0.444 e. The molecule has 2 rings (SSSR count). The van der Waals surface area contributed by atoms with Crippen molar-refractivity contribution in [2.24, 2.45) is 0 Å². The first-order valence-electron chi connectivity index (χ1n) is 7.75. The van der Waals surface area contributed by atoms with E-state index in [2.05, 4.69) is 10.5 Å². The molecule has 0 spiro atoms. The molecule has 1 unspecified atom stereocenters. The van der Waals surface area contributed by atoms with Gasteiger partial charge in [0.15, 0.2) is 5.82 Å². The van der Waals surface area contributed by atoms with Crippen LogP contribution in [-0.2, 0) is 14.9 Å². The summed E-state index contributed by atoms with van der Waals surface area (Å²) in [5.41, 5.74) is -0.767. The van der Waals surface area contributed by atoms with Crippen LogP contribution in [0.3, 0.4) is 0 Å². The number of carbonyl (C=O) groups excluding carboxylic acids is 2. The molecular weight excluding hydrogens is 298 g/mol. The molecule has 0 saturated carbocycles. The zero-order valence-electron chi connectivity index (χ0n) is 14.6. The first-order chi connectivity index (χ1) is 10.5. The first-order valence-corrected chi connectivity index (χ1v) is 7.75. The van der Waals surface area contributed by atoms with Crippen molar-refractivity contribution in [2.45, 2.75) is 65.0 Å². The van der Waals surface area contributed by atoms with Gasteiger partial charge in [0.05, 0.1) is 0 Å². The molecule has 0 bridgehead atoms. The molecule has 7 nitrogen and oxygen atoms in total. The fraction of sp³-hybridized carbons (Fsp3) is 0.688. The number of hydrogen-bond acceptors (Lipinski definition) is 5. The highest BCUT2D eigenvalue weighted by molar-refractivity contribution is 5.96. The van der Waals surface area contributed by atoms with Crippen LogP contribution in [0.5, 0.6) is 0 Å². The third-order valence-corrected chi connectivity index (χ3v) is 3.45. The maximum Gasteiger partial charge on any atom is 0.410 e. The van der Waals surface area contributed by atoms with Crippen LogP contribution in [-0.4, -0.2) is 40.2 Å². The third-order valence-electron chi connectivity index (χ3n) is 3.45. The Morgan fingerprint density at radius 1 is 1.30 bits per heavy atom. The molecule has 23 heavy (non-hydrogen) atoms. The summed E-state index contributed by atoms with van der Waals surface area (Å²) in [4.78, 5) is 25.7. The predicted molar refractivity (Wildman–Crippen MR) is 85.2 cm³/mol. The number of likely N-dealkylation sites (tertiary alicyclic amines) is 1. The number of nitrogens with one attached hydrogen (secondary N) is 1. The van der Waals surface area contributed by atoms with Gasteiger partial charge in [-0.05, 0) is 27.2 Å². The molecule has 1 aliphatic heterocycles. The fourth-order valence-electron chi connectivity index (χ4n) is 2.10. The van der Waals surface area contributed by atoms with Crippen LogP contribution < -0.4 is 5.32 Å². The zero-order valence-corrected chi connectivity index (χ0v) is 14.6. The van der Waals surface area contributed by atoms with Crippen LogP contribution in [0.4, 0.5) is 10.6 Å². The van der Waals surface area contributed by atoms with Crippen molar-refractivity contribution in [3.8, 4) is 0 Å². The minimum absolute atomic E-state index is 0.186. The van der Waals surface area contributed by atoms with Crippen molar-refractivity contribution < 1.29 is 18.8 Å². The Kier molecular flexibility index (Phi) is 4.41. The smallest absolute Gasteiger partial charge is 0.410 e. The van der Waals surface area contributed by atoms with Crippen LogP contribution in [0, 0.1) is 0 Å². The van der Waals surface area contributed by atoms with Gasteiger partial charge in [-0.3, -0.25) is 9.69 Å². The van der Waals surface area contributed by atoms with Gasteiger partial charge in [-0.2, -0.15) is 0 Å². The van der Waals surface area contributed by atoms with E-state index in [1.807, 2.05) is 20.8 Å². The Labute approximate surface area is 136 Å². The van der Waals surface area contributed by atoms with Gasteiger partial charge in [0.25, 0.3) is 0 Å². The second-order valence-electron chi connectivity index (χ2n) is 7.79. The summed E-state index contributed by atoms with van der Waals surface area (Å²) in [5.74, 6) is 0.761. The van der Waals surface area contributed by atoms with Gasteiger partial charge in [-0.15, -0.1) is 0 Å². The molecule has 1 atom stereocenters. The lowest BCUT2D eigenvalue weighted by Crippen LogP contribution is -2.57. The van der Waals surface area contributed by atoms with Crippen LogP contribution in [0.25, 0.3) is 0 Å². The van der Waals surface area contributed by atoms with E-state index in [1.54, 1.807) is 26.8 Å². The summed E-state index contributed by atoms with van der Waals surface area (Å²) in [5, 5.41) is 6.54. The van der Waals surface area contributed by atoms with Crippen molar-refractivity contribution >= 4 is 17.8 Å². The molecule has 0 radical (unpaired) electrons. The number of nitrogens with zero attached hydrogens (tertiary/aromatic N) is 2. The van der Waals surface area contributed by atoms with E-state index in [1.165, 1.54) is 4.90 Å². The molecule has 1 saturated heterocycles. The Morgan fingerprint density at radius 2 is 1.96 bits per heavy atom. The molecule has 1 aliphatic rings. The number of carbonyl (C=O) groups is 2. The monoisotopic (exact) mass is 323 g/mol. The molecule has 0 aromatic carbocycles. The topological polar surface area (TPSA) is 84.7 Å². The molecule has 1 N–H and O–H groups in total. The highest BCUT2D eigenvalue weighted by Crippen LogP contribution is 2.26. The molecule has 0 aliphatic carbocycles. The Hall–Kier alpha value is -2.05. The average Bonchev–Trinajstić information content (AvgIpc) is 2.72. The van der Waals surface area contributed by atoms with Gasteiger partial charge in [0.2, 0.25) is 5.91 Å². The van der Waals surface area contributed by atoms with Gasteiger partial charge in [-0.25, -0.2) is 4.79 Å². The molecule has 2 heterocycles. The van der Waals surface area contributed by atoms with E-state index in [0.29, 0.717) is 24.5 Å². The highest BCUT2D eigenvalue weighted by Gasteiger charge is 2.40. The van der Waals surface area contributed by atoms with Gasteiger partial charge >= 0.3 is 6.09 Å². The van der Waals surface area contributed by atoms with Gasteiger partial charge in [-0.1, -0.05) is 25.9 Å². The molecule has 2 amide bonds. The van der Waals surface area contributed by atoms with Crippen LogP contribution >= 0.6 is 0 Å². The zero-order chi connectivity index (χ0) is 17.4. The summed E-state index contributed by atoms with van der Waals surface area (Å²) in [6.45, 7) is 11.9. The lowest BCUT2D eigenvalue weighted by atomic mass is 9.93. The Balaban J connectivity index is 1.96. The first kappa shape index (κ1) is 17.3. The van der Waals surface area contributed by atoms with Crippen molar-refractivity contribution in [2.75, 3.05) is 11.9 Å². The summed E-state index contributed by atoms with van der Waals surface area (Å²) in [7, 11) is 0. The Bertz CT molecular complexity index is 595. The lowest BCUT2D eigenvalue weighted by molar-refractivity contribution is -0.125. The van der Waals surface area contributed by atoms with Gasteiger partial charge in [0, 0.05) is 18.0 Å². The quantitative estimate of drug-likeness (QED) is 0.904. The average molecular weight is 323 g/mol. The highest BCUT2D eigenvalue weighted by atomic mass is 16.6.